The van der Waals surface area contributed by atoms with E-state index in [1.54, 1.807) is 0 Å². The summed E-state index contributed by atoms with van der Waals surface area (Å²) >= 11 is 0. The molecule has 2 aromatic carbocycles. The van der Waals surface area contributed by atoms with Gasteiger partial charge in [-0.3, -0.25) is 0 Å². The van der Waals surface area contributed by atoms with E-state index in [2.05, 4.69) is 30.0 Å². The lowest BCUT2D eigenvalue weighted by atomic mass is 10.1. The molecule has 0 bridgehead atoms. The number of nitrogens with two attached hydrogens (primary N) is 1. The Kier molecular flexibility index (Phi) is 3.50. The second-order valence-corrected chi connectivity index (χ2v) is 5.22. The maximum Gasteiger partial charge on any atom is 0.142 e. The van der Waals surface area contributed by atoms with Crippen molar-refractivity contribution in [3.63, 3.8) is 0 Å². The fraction of sp³-hybridized carbons (Fsp3) is 0.294. The molecule has 104 valence electrons. The lowest BCUT2D eigenvalue weighted by molar-refractivity contribution is 0.322. The minimum Gasteiger partial charge on any atom is -0.491 e. The Bertz CT molecular complexity index is 610. The Labute approximate surface area is 120 Å². The summed E-state index contributed by atoms with van der Waals surface area (Å²) in [5, 5.41) is 0. The van der Waals surface area contributed by atoms with Crippen molar-refractivity contribution in [2.24, 2.45) is 0 Å². The topological polar surface area (TPSA) is 38.5 Å². The summed E-state index contributed by atoms with van der Waals surface area (Å²) in [6.07, 6.45) is 1.04. The fourth-order valence-corrected chi connectivity index (χ4v) is 2.64. The maximum atomic E-state index is 6.01. The number of benzene rings is 2. The van der Waals surface area contributed by atoms with Gasteiger partial charge in [0.1, 0.15) is 5.75 Å². The average Bonchev–Trinajstić information content (AvgIpc) is 2.67. The number of hydrogen-bond donors (Lipinski definition) is 1. The quantitative estimate of drug-likeness (QED) is 0.849. The van der Waals surface area contributed by atoms with E-state index in [0.29, 0.717) is 0 Å². The van der Waals surface area contributed by atoms with Crippen LogP contribution in [0.2, 0.25) is 0 Å². The minimum absolute atomic E-state index is 0.781. The third-order valence-electron chi connectivity index (χ3n) is 3.88. The molecule has 1 heterocycles. The number of nitrogens with zero attached hydrogens (tertiary/aromatic N) is 1. The van der Waals surface area contributed by atoms with Crippen LogP contribution in [0.15, 0.2) is 42.5 Å². The van der Waals surface area contributed by atoms with Crippen molar-refractivity contribution >= 4 is 11.4 Å². The van der Waals surface area contributed by atoms with Crippen LogP contribution in [0.25, 0.3) is 0 Å². The molecule has 0 amide bonds. The maximum absolute atomic E-state index is 6.01. The molecule has 0 unspecified atom stereocenters. The van der Waals surface area contributed by atoms with E-state index in [1.165, 1.54) is 16.8 Å². The highest BCUT2D eigenvalue weighted by Crippen LogP contribution is 2.32. The largest absolute Gasteiger partial charge is 0.491 e. The van der Waals surface area contributed by atoms with Crippen molar-refractivity contribution in [3.8, 4) is 5.75 Å². The molecule has 1 aliphatic heterocycles. The molecule has 0 saturated carbocycles. The molecule has 3 heteroatoms. The Balaban J connectivity index is 1.92. The first-order valence-electron chi connectivity index (χ1n) is 7.06. The third kappa shape index (κ3) is 2.44. The zero-order valence-electron chi connectivity index (χ0n) is 11.8. The highest BCUT2D eigenvalue weighted by atomic mass is 16.5. The van der Waals surface area contributed by atoms with E-state index in [1.807, 2.05) is 24.3 Å². The predicted molar refractivity (Wildman–Crippen MR) is 83.2 cm³/mol. The van der Waals surface area contributed by atoms with E-state index in [4.69, 9.17) is 10.5 Å². The second-order valence-electron chi connectivity index (χ2n) is 5.22. The van der Waals surface area contributed by atoms with Crippen molar-refractivity contribution < 1.29 is 4.74 Å². The zero-order chi connectivity index (χ0) is 13.9. The molecule has 0 saturated heterocycles. The van der Waals surface area contributed by atoms with Crippen LogP contribution in [0.1, 0.15) is 17.5 Å². The first kappa shape index (κ1) is 12.9. The fourth-order valence-electron chi connectivity index (χ4n) is 2.64. The molecular formula is C17H20N2O. The Morgan fingerprint density at radius 1 is 1.15 bits per heavy atom. The molecule has 0 aromatic heterocycles. The molecule has 0 radical (unpaired) electrons. The van der Waals surface area contributed by atoms with E-state index < -0.39 is 0 Å². The summed E-state index contributed by atoms with van der Waals surface area (Å²) < 4.78 is 5.80. The van der Waals surface area contributed by atoms with Gasteiger partial charge >= 0.3 is 0 Å². The third-order valence-corrected chi connectivity index (χ3v) is 3.88. The second kappa shape index (κ2) is 5.45. The van der Waals surface area contributed by atoms with Gasteiger partial charge in [0, 0.05) is 18.8 Å². The normalized spacial score (nSPS) is 14.3. The average molecular weight is 268 g/mol. The van der Waals surface area contributed by atoms with Gasteiger partial charge in [-0.2, -0.15) is 0 Å². The first-order valence-corrected chi connectivity index (χ1v) is 7.06. The molecule has 20 heavy (non-hydrogen) atoms. The van der Waals surface area contributed by atoms with Gasteiger partial charge in [-0.15, -0.1) is 0 Å². The number of rotatable bonds is 2. The molecule has 2 aromatic rings. The highest BCUT2D eigenvalue weighted by Gasteiger charge is 2.16. The molecule has 1 aliphatic rings. The van der Waals surface area contributed by atoms with Crippen molar-refractivity contribution in [1.29, 1.82) is 0 Å². The highest BCUT2D eigenvalue weighted by molar-refractivity contribution is 5.60. The molecule has 3 nitrogen and oxygen atoms in total. The van der Waals surface area contributed by atoms with Crippen molar-refractivity contribution in [2.75, 3.05) is 23.8 Å². The predicted octanol–water partition coefficient (Wildman–Crippen LogP) is 3.37. The van der Waals surface area contributed by atoms with E-state index in [9.17, 15) is 0 Å². The number of ether oxygens (including phenoxy) is 1. The number of hydrogen-bond acceptors (Lipinski definition) is 3. The van der Waals surface area contributed by atoms with Gasteiger partial charge in [-0.25, -0.2) is 0 Å². The van der Waals surface area contributed by atoms with Crippen LogP contribution in [0, 0.1) is 6.92 Å². The molecule has 0 atom stereocenters. The van der Waals surface area contributed by atoms with E-state index in [-0.39, 0.29) is 0 Å². The number of fused-ring (bicyclic) bond motifs is 1. The van der Waals surface area contributed by atoms with Gasteiger partial charge in [-0.05, 0) is 42.7 Å². The number of anilines is 2. The SMILES string of the molecule is Cc1c(N)cccc1CN1CCCOc2ccccc21. The Morgan fingerprint density at radius 3 is 2.90 bits per heavy atom. The van der Waals surface area contributed by atoms with Crippen LogP contribution in [0.3, 0.4) is 0 Å². The van der Waals surface area contributed by atoms with Crippen LogP contribution < -0.4 is 15.4 Å². The minimum atomic E-state index is 0.781. The Morgan fingerprint density at radius 2 is 2.00 bits per heavy atom. The summed E-state index contributed by atoms with van der Waals surface area (Å²) in [4.78, 5) is 2.38. The Hall–Kier alpha value is -2.16. The van der Waals surface area contributed by atoms with Crippen LogP contribution >= 0.6 is 0 Å². The summed E-state index contributed by atoms with van der Waals surface area (Å²) in [5.41, 5.74) is 10.5. The lowest BCUT2D eigenvalue weighted by Gasteiger charge is -2.25. The molecule has 0 spiro atoms. The monoisotopic (exact) mass is 268 g/mol. The van der Waals surface area contributed by atoms with Crippen LogP contribution in [-0.4, -0.2) is 13.2 Å². The van der Waals surface area contributed by atoms with Gasteiger partial charge in [0.2, 0.25) is 0 Å². The first-order chi connectivity index (χ1) is 9.75. The molecule has 0 fully saturated rings. The van der Waals surface area contributed by atoms with Gasteiger partial charge < -0.3 is 15.4 Å². The standard InChI is InChI=1S/C17H20N2O/c1-13-14(6-4-7-15(13)18)12-19-10-5-11-20-17-9-3-2-8-16(17)19/h2-4,6-9H,5,10-12,18H2,1H3. The lowest BCUT2D eigenvalue weighted by Crippen LogP contribution is -2.23. The molecule has 3 rings (SSSR count). The zero-order valence-corrected chi connectivity index (χ0v) is 11.8. The molecule has 0 aliphatic carbocycles. The van der Waals surface area contributed by atoms with Crippen molar-refractivity contribution in [3.05, 3.63) is 53.6 Å². The van der Waals surface area contributed by atoms with Crippen molar-refractivity contribution in [1.82, 2.24) is 0 Å². The van der Waals surface area contributed by atoms with Gasteiger partial charge in [0.15, 0.2) is 0 Å². The van der Waals surface area contributed by atoms with Crippen LogP contribution in [-0.2, 0) is 6.54 Å². The smallest absolute Gasteiger partial charge is 0.142 e. The summed E-state index contributed by atoms with van der Waals surface area (Å²) in [6.45, 7) is 4.75. The molecular weight excluding hydrogens is 248 g/mol. The van der Waals surface area contributed by atoms with Crippen LogP contribution in [0.4, 0.5) is 11.4 Å². The number of para-hydroxylation sites is 2. The van der Waals surface area contributed by atoms with Gasteiger partial charge in [-0.1, -0.05) is 24.3 Å². The summed E-state index contributed by atoms with van der Waals surface area (Å²) in [7, 11) is 0. The van der Waals surface area contributed by atoms with E-state index >= 15 is 0 Å². The molecule has 2 N–H and O–H groups in total. The van der Waals surface area contributed by atoms with Crippen molar-refractivity contribution in [2.45, 2.75) is 19.9 Å². The van der Waals surface area contributed by atoms with Crippen LogP contribution in [0.5, 0.6) is 5.75 Å². The number of nitrogen functional groups attached to an aromatic ring is 1. The summed E-state index contributed by atoms with van der Waals surface area (Å²) in [5.74, 6) is 0.978. The van der Waals surface area contributed by atoms with Gasteiger partial charge in [0.05, 0.1) is 12.3 Å². The van der Waals surface area contributed by atoms with E-state index in [0.717, 1.165) is 37.6 Å². The summed E-state index contributed by atoms with van der Waals surface area (Å²) in [6, 6.07) is 14.4. The van der Waals surface area contributed by atoms with Gasteiger partial charge in [0.25, 0.3) is 0 Å².